The van der Waals surface area contributed by atoms with Gasteiger partial charge in [-0.2, -0.15) is 0 Å². The van der Waals surface area contributed by atoms with Crippen LogP contribution in [-0.2, 0) is 0 Å². The predicted molar refractivity (Wildman–Crippen MR) is 134 cm³/mol. The first-order valence-corrected chi connectivity index (χ1v) is 14.0. The largest absolute Gasteiger partial charge is 0.411 e. The number of hydrogen-bond acceptors (Lipinski definition) is 2. The first kappa shape index (κ1) is 23.2. The highest BCUT2D eigenvalue weighted by Gasteiger charge is 2.70. The van der Waals surface area contributed by atoms with Crippen molar-refractivity contribution in [3.8, 4) is 0 Å². The van der Waals surface area contributed by atoms with Crippen LogP contribution in [0.15, 0.2) is 5.16 Å². The Hall–Kier alpha value is -0.530. The van der Waals surface area contributed by atoms with Crippen LogP contribution in [0.3, 0.4) is 0 Å². The van der Waals surface area contributed by atoms with E-state index in [4.69, 9.17) is 0 Å². The minimum absolute atomic E-state index is 0.297. The van der Waals surface area contributed by atoms with Crippen molar-refractivity contribution in [1.82, 2.24) is 0 Å². The molecule has 0 aliphatic heterocycles. The van der Waals surface area contributed by atoms with E-state index in [1.54, 1.807) is 0 Å². The molecule has 5 aliphatic rings. The fourth-order valence-electron chi connectivity index (χ4n) is 11.3. The Balaban J connectivity index is 1.54. The van der Waals surface area contributed by atoms with Crippen LogP contribution in [0, 0.1) is 56.2 Å². The van der Waals surface area contributed by atoms with Gasteiger partial charge in [0.25, 0.3) is 0 Å². The summed E-state index contributed by atoms with van der Waals surface area (Å²) in [5.74, 6) is 2.92. The molecule has 5 fully saturated rings. The zero-order chi connectivity index (χ0) is 23.4. The smallest absolute Gasteiger partial charge is 0.0604 e. The van der Waals surface area contributed by atoms with E-state index in [2.05, 4.69) is 60.5 Å². The summed E-state index contributed by atoms with van der Waals surface area (Å²) in [6, 6.07) is 0. The molecule has 0 aromatic heterocycles. The molecule has 0 radical (unpaired) electrons. The summed E-state index contributed by atoms with van der Waals surface area (Å²) in [6.45, 7) is 20.9. The lowest BCUT2D eigenvalue weighted by Gasteiger charge is -2.75. The highest BCUT2D eigenvalue weighted by Crippen LogP contribution is 2.78. The third-order valence-corrected chi connectivity index (χ3v) is 13.9. The van der Waals surface area contributed by atoms with Gasteiger partial charge in [-0.1, -0.05) is 60.5 Å². The molecule has 9 atom stereocenters. The van der Waals surface area contributed by atoms with Gasteiger partial charge in [-0.3, -0.25) is 0 Å². The van der Waals surface area contributed by atoms with Crippen molar-refractivity contribution in [1.29, 1.82) is 0 Å². The molecule has 1 N–H and O–H groups in total. The predicted octanol–water partition coefficient (Wildman–Crippen LogP) is 8.72. The van der Waals surface area contributed by atoms with Gasteiger partial charge in [0.2, 0.25) is 0 Å². The van der Waals surface area contributed by atoms with E-state index in [0.29, 0.717) is 38.4 Å². The molecule has 5 rings (SSSR count). The Kier molecular flexibility index (Phi) is 4.92. The van der Waals surface area contributed by atoms with Crippen LogP contribution in [0.1, 0.15) is 126 Å². The van der Waals surface area contributed by atoms with E-state index < -0.39 is 0 Å². The average molecular weight is 442 g/mol. The summed E-state index contributed by atoms with van der Waals surface area (Å²) in [7, 11) is 0. The summed E-state index contributed by atoms with van der Waals surface area (Å²) in [5.41, 5.74) is 3.82. The van der Waals surface area contributed by atoms with Gasteiger partial charge in [0.15, 0.2) is 0 Å². The van der Waals surface area contributed by atoms with Crippen LogP contribution < -0.4 is 0 Å². The SMILES string of the molecule is C[C@@H]1/C(=N/O)CC[C@@H]2[C@]1(C)CC[C@@H]1[C@]2(C)CC[C@@]2(C)[C@H]3CC(C)(C)CC[C@]3(C)CC[C@]12C. The molecular formula is C30H51NO. The van der Waals surface area contributed by atoms with Crippen molar-refractivity contribution in [3.05, 3.63) is 0 Å². The summed E-state index contributed by atoms with van der Waals surface area (Å²) >= 11 is 0. The average Bonchev–Trinajstić information content (AvgIpc) is 2.72. The van der Waals surface area contributed by atoms with Gasteiger partial charge in [0, 0.05) is 5.92 Å². The summed E-state index contributed by atoms with van der Waals surface area (Å²) < 4.78 is 0. The quantitative estimate of drug-likeness (QED) is 0.296. The van der Waals surface area contributed by atoms with Crippen molar-refractivity contribution < 1.29 is 5.21 Å². The molecule has 0 spiro atoms. The van der Waals surface area contributed by atoms with Crippen molar-refractivity contribution in [2.75, 3.05) is 0 Å². The molecule has 32 heavy (non-hydrogen) atoms. The second kappa shape index (κ2) is 6.78. The van der Waals surface area contributed by atoms with Crippen molar-refractivity contribution in [2.24, 2.45) is 61.3 Å². The molecule has 0 unspecified atom stereocenters. The summed E-state index contributed by atoms with van der Waals surface area (Å²) in [4.78, 5) is 0. The maximum atomic E-state index is 9.66. The normalized spacial score (nSPS) is 58.3. The molecule has 0 aromatic carbocycles. The first-order chi connectivity index (χ1) is 14.8. The standard InChI is InChI=1S/C30H51NO/c1-20-21(31-32)9-10-22-27(20,5)12-11-23-28(22,6)16-18-30(8)24-19-25(2,3)13-14-26(24,4)15-17-29(23,30)7/h20,22-24,32H,9-19H2,1-8H3/b31-21+/t20-,22-,23-,24+,26-,27-,28-,29-,30+/m1/s1. The lowest BCUT2D eigenvalue weighted by Crippen LogP contribution is -2.67. The molecule has 0 amide bonds. The minimum Gasteiger partial charge on any atom is -0.411 e. The highest BCUT2D eigenvalue weighted by atomic mass is 16.4. The molecule has 2 heteroatoms. The number of nitrogens with zero attached hydrogens (tertiary/aromatic N) is 1. The zero-order valence-corrected chi connectivity index (χ0v) is 22.5. The number of hydrogen-bond donors (Lipinski definition) is 1. The lowest BCUT2D eigenvalue weighted by molar-refractivity contribution is -0.254. The van der Waals surface area contributed by atoms with Crippen molar-refractivity contribution >= 4 is 5.71 Å². The number of oxime groups is 1. The van der Waals surface area contributed by atoms with E-state index in [-0.39, 0.29) is 0 Å². The van der Waals surface area contributed by atoms with Gasteiger partial charge in [0.1, 0.15) is 0 Å². The summed E-state index contributed by atoms with van der Waals surface area (Å²) in [6.07, 6.45) is 15.0. The molecule has 0 aromatic rings. The minimum atomic E-state index is 0.297. The van der Waals surface area contributed by atoms with Crippen LogP contribution in [0.2, 0.25) is 0 Å². The molecule has 2 nitrogen and oxygen atoms in total. The van der Waals surface area contributed by atoms with Gasteiger partial charge in [0.05, 0.1) is 5.71 Å². The monoisotopic (exact) mass is 441 g/mol. The molecule has 0 bridgehead atoms. The maximum Gasteiger partial charge on any atom is 0.0604 e. The molecular weight excluding hydrogens is 390 g/mol. The van der Waals surface area contributed by atoms with Gasteiger partial charge in [-0.05, 0) is 121 Å². The zero-order valence-electron chi connectivity index (χ0n) is 22.5. The van der Waals surface area contributed by atoms with Crippen LogP contribution in [0.25, 0.3) is 0 Å². The Morgan fingerprint density at radius 1 is 0.688 bits per heavy atom. The number of rotatable bonds is 0. The Morgan fingerprint density at radius 3 is 2.00 bits per heavy atom. The fourth-order valence-corrected chi connectivity index (χ4v) is 11.3. The van der Waals surface area contributed by atoms with E-state index in [1.165, 1.54) is 64.2 Å². The van der Waals surface area contributed by atoms with E-state index in [1.807, 2.05) is 0 Å². The first-order valence-electron chi connectivity index (χ1n) is 14.0. The topological polar surface area (TPSA) is 32.6 Å². The van der Waals surface area contributed by atoms with Crippen molar-refractivity contribution in [2.45, 2.75) is 126 Å². The van der Waals surface area contributed by atoms with Crippen molar-refractivity contribution in [3.63, 3.8) is 0 Å². The molecule has 0 saturated heterocycles. The van der Waals surface area contributed by atoms with Crippen LogP contribution in [0.4, 0.5) is 0 Å². The number of fused-ring (bicyclic) bond motifs is 7. The van der Waals surface area contributed by atoms with Crippen LogP contribution in [-0.4, -0.2) is 10.9 Å². The third-order valence-electron chi connectivity index (χ3n) is 13.9. The molecule has 5 aliphatic carbocycles. The second-order valence-electron chi connectivity index (χ2n) is 15.4. The lowest BCUT2D eigenvalue weighted by atomic mass is 9.30. The fraction of sp³-hybridized carbons (Fsp3) is 0.967. The van der Waals surface area contributed by atoms with Crippen LogP contribution in [0.5, 0.6) is 0 Å². The van der Waals surface area contributed by atoms with E-state index in [9.17, 15) is 5.21 Å². The maximum absolute atomic E-state index is 9.66. The Bertz CT molecular complexity index is 816. The highest BCUT2D eigenvalue weighted by molar-refractivity contribution is 5.87. The molecule has 5 saturated carbocycles. The van der Waals surface area contributed by atoms with E-state index in [0.717, 1.165) is 29.9 Å². The Labute approximate surface area is 198 Å². The van der Waals surface area contributed by atoms with Gasteiger partial charge >= 0.3 is 0 Å². The molecule has 0 heterocycles. The summed E-state index contributed by atoms with van der Waals surface area (Å²) in [5, 5.41) is 13.4. The Morgan fingerprint density at radius 2 is 1.31 bits per heavy atom. The van der Waals surface area contributed by atoms with Gasteiger partial charge in [-0.25, -0.2) is 0 Å². The molecule has 182 valence electrons. The second-order valence-corrected chi connectivity index (χ2v) is 15.4. The van der Waals surface area contributed by atoms with E-state index >= 15 is 0 Å². The van der Waals surface area contributed by atoms with Gasteiger partial charge in [-0.15, -0.1) is 0 Å². The van der Waals surface area contributed by atoms with Gasteiger partial charge < -0.3 is 5.21 Å². The third kappa shape index (κ3) is 2.73. The van der Waals surface area contributed by atoms with Crippen LogP contribution >= 0.6 is 0 Å².